The van der Waals surface area contributed by atoms with Crippen molar-refractivity contribution in [3.8, 4) is 5.75 Å². The van der Waals surface area contributed by atoms with E-state index in [-0.39, 0.29) is 0 Å². The normalized spacial score (nSPS) is 12.4. The molecule has 0 saturated carbocycles. The molecule has 0 amide bonds. The van der Waals surface area contributed by atoms with Crippen LogP contribution in [0.4, 0.5) is 0 Å². The summed E-state index contributed by atoms with van der Waals surface area (Å²) < 4.78 is 10.5. The van der Waals surface area contributed by atoms with E-state index >= 15 is 0 Å². The Labute approximate surface area is 99.8 Å². The number of benzene rings is 1. The SMILES string of the molecule is Cc1cc(COc2cccc([C@@H](C)O)c2)no1. The third kappa shape index (κ3) is 3.07. The van der Waals surface area contributed by atoms with E-state index in [9.17, 15) is 5.11 Å². The van der Waals surface area contributed by atoms with Gasteiger partial charge in [0.1, 0.15) is 23.8 Å². The molecule has 4 nitrogen and oxygen atoms in total. The molecule has 2 rings (SSSR count). The number of ether oxygens (including phenoxy) is 1. The fraction of sp³-hybridized carbons (Fsp3) is 0.308. The van der Waals surface area contributed by atoms with Crippen LogP contribution in [0, 0.1) is 6.92 Å². The van der Waals surface area contributed by atoms with Crippen LogP contribution in [0.3, 0.4) is 0 Å². The molecule has 0 aliphatic heterocycles. The van der Waals surface area contributed by atoms with Crippen molar-refractivity contribution in [2.24, 2.45) is 0 Å². The highest BCUT2D eigenvalue weighted by Gasteiger charge is 2.04. The number of aliphatic hydroxyl groups excluding tert-OH is 1. The maximum atomic E-state index is 9.45. The molecule has 0 bridgehead atoms. The van der Waals surface area contributed by atoms with Crippen LogP contribution in [0.25, 0.3) is 0 Å². The quantitative estimate of drug-likeness (QED) is 0.881. The highest BCUT2D eigenvalue weighted by Crippen LogP contribution is 2.19. The van der Waals surface area contributed by atoms with E-state index in [4.69, 9.17) is 9.26 Å². The first-order chi connectivity index (χ1) is 8.15. The largest absolute Gasteiger partial charge is 0.487 e. The van der Waals surface area contributed by atoms with Crippen molar-refractivity contribution in [1.29, 1.82) is 0 Å². The standard InChI is InChI=1S/C13H15NO3/c1-9-6-12(14-17-9)8-16-13-5-3-4-11(7-13)10(2)15/h3-7,10,15H,8H2,1-2H3/t10-/m1/s1. The molecule has 0 unspecified atom stereocenters. The van der Waals surface area contributed by atoms with Gasteiger partial charge in [0.2, 0.25) is 0 Å². The predicted molar refractivity (Wildman–Crippen MR) is 62.6 cm³/mol. The van der Waals surface area contributed by atoms with E-state index in [1.807, 2.05) is 37.3 Å². The number of aliphatic hydroxyl groups is 1. The highest BCUT2D eigenvalue weighted by atomic mass is 16.5. The van der Waals surface area contributed by atoms with Crippen molar-refractivity contribution < 1.29 is 14.4 Å². The van der Waals surface area contributed by atoms with Crippen LogP contribution >= 0.6 is 0 Å². The van der Waals surface area contributed by atoms with Gasteiger partial charge in [-0.1, -0.05) is 17.3 Å². The third-order valence-corrected chi connectivity index (χ3v) is 2.40. The average Bonchev–Trinajstić information content (AvgIpc) is 2.73. The minimum atomic E-state index is -0.493. The van der Waals surface area contributed by atoms with Crippen LogP contribution in [0.5, 0.6) is 5.75 Å². The zero-order chi connectivity index (χ0) is 12.3. The van der Waals surface area contributed by atoms with Crippen LogP contribution in [0.15, 0.2) is 34.9 Å². The molecule has 0 aliphatic rings. The van der Waals surface area contributed by atoms with E-state index in [1.165, 1.54) is 0 Å². The van der Waals surface area contributed by atoms with Gasteiger partial charge < -0.3 is 14.4 Å². The van der Waals surface area contributed by atoms with Crippen LogP contribution in [-0.4, -0.2) is 10.3 Å². The molecule has 2 aromatic rings. The van der Waals surface area contributed by atoms with Gasteiger partial charge >= 0.3 is 0 Å². The Morgan fingerprint density at radius 3 is 2.88 bits per heavy atom. The molecule has 1 atom stereocenters. The number of hydrogen-bond acceptors (Lipinski definition) is 4. The Bertz CT molecular complexity index is 491. The number of rotatable bonds is 4. The van der Waals surface area contributed by atoms with Gasteiger partial charge in [-0.15, -0.1) is 0 Å². The summed E-state index contributed by atoms with van der Waals surface area (Å²) in [5.74, 6) is 1.48. The number of aryl methyl sites for hydroxylation is 1. The molecule has 1 aromatic heterocycles. The van der Waals surface area contributed by atoms with Crippen molar-refractivity contribution in [3.05, 3.63) is 47.3 Å². The second-order valence-electron chi connectivity index (χ2n) is 3.97. The highest BCUT2D eigenvalue weighted by molar-refractivity contribution is 5.29. The van der Waals surface area contributed by atoms with Gasteiger partial charge in [0, 0.05) is 6.07 Å². The van der Waals surface area contributed by atoms with Gasteiger partial charge in [0.15, 0.2) is 0 Å². The summed E-state index contributed by atoms with van der Waals surface area (Å²) in [5, 5.41) is 13.3. The van der Waals surface area contributed by atoms with Gasteiger partial charge in [-0.25, -0.2) is 0 Å². The van der Waals surface area contributed by atoms with Crippen molar-refractivity contribution in [2.75, 3.05) is 0 Å². The third-order valence-electron chi connectivity index (χ3n) is 2.40. The molecule has 1 heterocycles. The van der Waals surface area contributed by atoms with Crippen LogP contribution < -0.4 is 4.74 Å². The molecule has 1 N–H and O–H groups in total. The maximum absolute atomic E-state index is 9.45. The Morgan fingerprint density at radius 1 is 1.41 bits per heavy atom. The van der Waals surface area contributed by atoms with Crippen molar-refractivity contribution in [2.45, 2.75) is 26.6 Å². The smallest absolute Gasteiger partial charge is 0.134 e. The molecular formula is C13H15NO3. The second-order valence-corrected chi connectivity index (χ2v) is 3.97. The molecule has 4 heteroatoms. The molecule has 0 spiro atoms. The van der Waals surface area contributed by atoms with Crippen molar-refractivity contribution in [1.82, 2.24) is 5.16 Å². The Morgan fingerprint density at radius 2 is 2.24 bits per heavy atom. The van der Waals surface area contributed by atoms with E-state index in [0.717, 1.165) is 17.0 Å². The first kappa shape index (κ1) is 11.7. The minimum Gasteiger partial charge on any atom is -0.487 e. The molecule has 17 heavy (non-hydrogen) atoms. The molecule has 0 fully saturated rings. The van der Waals surface area contributed by atoms with Crippen LogP contribution in [0.1, 0.15) is 30.0 Å². The molecule has 0 radical (unpaired) electrons. The lowest BCUT2D eigenvalue weighted by Crippen LogP contribution is -1.97. The summed E-state index contributed by atoms with van der Waals surface area (Å²) in [6, 6.07) is 9.21. The number of nitrogens with zero attached hydrogens (tertiary/aromatic N) is 1. The fourth-order valence-corrected chi connectivity index (χ4v) is 1.51. The molecule has 90 valence electrons. The summed E-state index contributed by atoms with van der Waals surface area (Å²) >= 11 is 0. The lowest BCUT2D eigenvalue weighted by atomic mass is 10.1. The van der Waals surface area contributed by atoms with Gasteiger partial charge in [-0.3, -0.25) is 0 Å². The Hall–Kier alpha value is -1.81. The topological polar surface area (TPSA) is 55.5 Å². The van der Waals surface area contributed by atoms with Crippen molar-refractivity contribution in [3.63, 3.8) is 0 Å². The monoisotopic (exact) mass is 233 g/mol. The van der Waals surface area contributed by atoms with E-state index in [0.29, 0.717) is 12.4 Å². The van der Waals surface area contributed by atoms with Crippen LogP contribution in [-0.2, 0) is 6.61 Å². The Balaban J connectivity index is 2.01. The average molecular weight is 233 g/mol. The zero-order valence-corrected chi connectivity index (χ0v) is 9.88. The molecular weight excluding hydrogens is 218 g/mol. The van der Waals surface area contributed by atoms with Gasteiger partial charge in [-0.05, 0) is 31.5 Å². The summed E-state index contributed by atoms with van der Waals surface area (Å²) in [4.78, 5) is 0. The summed E-state index contributed by atoms with van der Waals surface area (Å²) in [6.07, 6.45) is -0.493. The summed E-state index contributed by atoms with van der Waals surface area (Å²) in [7, 11) is 0. The fourth-order valence-electron chi connectivity index (χ4n) is 1.51. The van der Waals surface area contributed by atoms with Gasteiger partial charge in [0.05, 0.1) is 6.10 Å². The van der Waals surface area contributed by atoms with E-state index in [1.54, 1.807) is 6.92 Å². The number of hydrogen-bond donors (Lipinski definition) is 1. The van der Waals surface area contributed by atoms with E-state index in [2.05, 4.69) is 5.16 Å². The predicted octanol–water partition coefficient (Wildman–Crippen LogP) is 2.62. The second kappa shape index (κ2) is 5.01. The molecule has 0 aliphatic carbocycles. The Kier molecular flexibility index (Phi) is 3.44. The lowest BCUT2D eigenvalue weighted by molar-refractivity contribution is 0.198. The van der Waals surface area contributed by atoms with Crippen LogP contribution in [0.2, 0.25) is 0 Å². The lowest BCUT2D eigenvalue weighted by Gasteiger charge is -2.08. The number of aromatic nitrogens is 1. The summed E-state index contributed by atoms with van der Waals surface area (Å²) in [6.45, 7) is 3.92. The maximum Gasteiger partial charge on any atom is 0.134 e. The van der Waals surface area contributed by atoms with Crippen molar-refractivity contribution >= 4 is 0 Å². The molecule has 0 saturated heterocycles. The minimum absolute atomic E-state index is 0.362. The first-order valence-corrected chi connectivity index (χ1v) is 5.48. The van der Waals surface area contributed by atoms with Gasteiger partial charge in [0.25, 0.3) is 0 Å². The first-order valence-electron chi connectivity index (χ1n) is 5.48. The van der Waals surface area contributed by atoms with Gasteiger partial charge in [-0.2, -0.15) is 0 Å². The zero-order valence-electron chi connectivity index (χ0n) is 9.88. The molecule has 1 aromatic carbocycles. The summed E-state index contributed by atoms with van der Waals surface area (Å²) in [5.41, 5.74) is 1.59. The van der Waals surface area contributed by atoms with E-state index < -0.39 is 6.10 Å².